The van der Waals surface area contributed by atoms with Gasteiger partial charge in [0.25, 0.3) is 5.56 Å². The summed E-state index contributed by atoms with van der Waals surface area (Å²) in [5.74, 6) is 1.48. The van der Waals surface area contributed by atoms with Crippen LogP contribution >= 0.6 is 0 Å². The molecular weight excluding hydrogens is 430 g/mol. The van der Waals surface area contributed by atoms with Gasteiger partial charge in [0.2, 0.25) is 10.0 Å². The molecule has 1 atom stereocenters. The second-order valence-electron chi connectivity index (χ2n) is 8.47. The molecule has 9 heteroatoms. The molecule has 0 radical (unpaired) electrons. The van der Waals surface area contributed by atoms with E-state index in [1.165, 1.54) is 29.7 Å². The molecule has 8 nitrogen and oxygen atoms in total. The van der Waals surface area contributed by atoms with Crippen LogP contribution in [0.1, 0.15) is 63.5 Å². The van der Waals surface area contributed by atoms with Crippen molar-refractivity contribution in [2.75, 3.05) is 12.4 Å². The third-order valence-corrected chi connectivity index (χ3v) is 7.02. The first-order valence-electron chi connectivity index (χ1n) is 11.4. The lowest BCUT2D eigenvalue weighted by molar-refractivity contribution is 0.299. The molecule has 0 unspecified atom stereocenters. The van der Waals surface area contributed by atoms with E-state index in [0.717, 1.165) is 24.3 Å². The van der Waals surface area contributed by atoms with E-state index in [4.69, 9.17) is 4.74 Å². The smallest absolute Gasteiger partial charge is 0.328 e. The van der Waals surface area contributed by atoms with Crippen LogP contribution in [0.25, 0.3) is 0 Å². The van der Waals surface area contributed by atoms with Crippen LogP contribution in [0.4, 0.5) is 0 Å². The fourth-order valence-corrected chi connectivity index (χ4v) is 4.94. The van der Waals surface area contributed by atoms with Crippen molar-refractivity contribution in [1.29, 1.82) is 0 Å². The Morgan fingerprint density at radius 3 is 2.72 bits per heavy atom. The maximum Gasteiger partial charge on any atom is 0.328 e. The largest absolute Gasteiger partial charge is 0.493 e. The predicted molar refractivity (Wildman–Crippen MR) is 124 cm³/mol. The number of ether oxygens (including phenoxy) is 1. The van der Waals surface area contributed by atoms with E-state index in [1.807, 2.05) is 31.2 Å². The Morgan fingerprint density at radius 2 is 2.00 bits per heavy atom. The van der Waals surface area contributed by atoms with Crippen molar-refractivity contribution in [2.24, 2.45) is 5.92 Å². The highest BCUT2D eigenvalue weighted by Gasteiger charge is 2.22. The normalized spacial score (nSPS) is 14.9. The number of nitrogens with zero attached hydrogens (tertiary/aromatic N) is 1. The van der Waals surface area contributed by atoms with E-state index in [-0.39, 0.29) is 11.8 Å². The lowest BCUT2D eigenvalue weighted by atomic mass is 10.0. The number of benzene rings is 1. The van der Waals surface area contributed by atoms with Crippen molar-refractivity contribution in [3.63, 3.8) is 0 Å². The lowest BCUT2D eigenvalue weighted by Gasteiger charge is -2.19. The fraction of sp³-hybridized carbons (Fsp3) is 0.565. The van der Waals surface area contributed by atoms with E-state index in [1.54, 1.807) is 0 Å². The van der Waals surface area contributed by atoms with Crippen LogP contribution < -0.4 is 20.7 Å². The van der Waals surface area contributed by atoms with Gasteiger partial charge in [0.1, 0.15) is 5.75 Å². The van der Waals surface area contributed by atoms with Crippen LogP contribution in [0.5, 0.6) is 5.75 Å². The average Bonchev–Trinajstić information content (AvgIpc) is 3.58. The monoisotopic (exact) mass is 463 g/mol. The third-order valence-electron chi connectivity index (χ3n) is 5.55. The second kappa shape index (κ2) is 11.5. The molecule has 176 valence electrons. The molecule has 32 heavy (non-hydrogen) atoms. The maximum absolute atomic E-state index is 12.7. The van der Waals surface area contributed by atoms with E-state index >= 15 is 0 Å². The molecule has 1 aliphatic rings. The lowest BCUT2D eigenvalue weighted by Crippen LogP contribution is -2.31. The Bertz CT molecular complexity index is 1090. The topological polar surface area (TPSA) is 110 Å². The van der Waals surface area contributed by atoms with Crippen LogP contribution in [0.3, 0.4) is 0 Å². The molecular formula is C23H33N3O5S. The van der Waals surface area contributed by atoms with Gasteiger partial charge in [0.15, 0.2) is 0 Å². The highest BCUT2D eigenvalue weighted by atomic mass is 32.2. The summed E-state index contributed by atoms with van der Waals surface area (Å²) in [6.07, 6.45) is 7.28. The number of aromatic amines is 1. The highest BCUT2D eigenvalue weighted by Crippen LogP contribution is 2.30. The highest BCUT2D eigenvalue weighted by molar-refractivity contribution is 7.89. The Balaban J connectivity index is 1.49. The van der Waals surface area contributed by atoms with Crippen molar-refractivity contribution in [1.82, 2.24) is 14.3 Å². The van der Waals surface area contributed by atoms with Crippen molar-refractivity contribution in [3.05, 3.63) is 62.9 Å². The number of H-pyrrole nitrogens is 1. The summed E-state index contributed by atoms with van der Waals surface area (Å²) in [6, 6.07) is 8.72. The van der Waals surface area contributed by atoms with Crippen molar-refractivity contribution < 1.29 is 13.2 Å². The predicted octanol–water partition coefficient (Wildman–Crippen LogP) is 2.96. The van der Waals surface area contributed by atoms with Crippen molar-refractivity contribution >= 4 is 10.0 Å². The van der Waals surface area contributed by atoms with E-state index in [0.29, 0.717) is 38.1 Å². The van der Waals surface area contributed by atoms with Gasteiger partial charge in [-0.15, -0.1) is 0 Å². The van der Waals surface area contributed by atoms with Crippen molar-refractivity contribution in [3.8, 4) is 5.75 Å². The van der Waals surface area contributed by atoms with E-state index in [2.05, 4.69) is 9.71 Å². The molecule has 1 aromatic carbocycles. The first kappa shape index (κ1) is 24.3. The van der Waals surface area contributed by atoms with E-state index in [9.17, 15) is 18.0 Å². The second-order valence-corrected chi connectivity index (χ2v) is 10.3. The summed E-state index contributed by atoms with van der Waals surface area (Å²) < 4.78 is 35.5. The number of hydrogen-bond acceptors (Lipinski definition) is 5. The van der Waals surface area contributed by atoms with Crippen LogP contribution in [0.15, 0.2) is 46.1 Å². The SMILES string of the molecule is CCC[C@@H](NS(=O)(=O)CCCCCn1ccc(=O)[nH]c1=O)c1cccc(OCC2CC2)c1. The Hall–Kier alpha value is -2.39. The molecule has 1 heterocycles. The molecule has 3 rings (SSSR count). The van der Waals surface area contributed by atoms with Gasteiger partial charge in [0, 0.05) is 24.8 Å². The van der Waals surface area contributed by atoms with Gasteiger partial charge in [-0.05, 0) is 55.7 Å². The average molecular weight is 464 g/mol. The van der Waals surface area contributed by atoms with Crippen LogP contribution in [-0.4, -0.2) is 30.3 Å². The first-order chi connectivity index (χ1) is 15.4. The number of hydrogen-bond donors (Lipinski definition) is 2. The molecule has 0 saturated heterocycles. The van der Waals surface area contributed by atoms with Crippen LogP contribution in [0.2, 0.25) is 0 Å². The van der Waals surface area contributed by atoms with Gasteiger partial charge < -0.3 is 9.30 Å². The Labute approximate surface area is 189 Å². The summed E-state index contributed by atoms with van der Waals surface area (Å²) in [6.45, 7) is 3.20. The molecule has 0 amide bonds. The van der Waals surface area contributed by atoms with Gasteiger partial charge in [-0.3, -0.25) is 9.78 Å². The van der Waals surface area contributed by atoms with Gasteiger partial charge in [-0.25, -0.2) is 17.9 Å². The third kappa shape index (κ3) is 7.94. The summed E-state index contributed by atoms with van der Waals surface area (Å²) in [5.41, 5.74) is 0.0452. The Morgan fingerprint density at radius 1 is 1.19 bits per heavy atom. The quantitative estimate of drug-likeness (QED) is 0.419. The Kier molecular flexibility index (Phi) is 8.69. The molecule has 0 aliphatic heterocycles. The minimum Gasteiger partial charge on any atom is -0.493 e. The standard InChI is InChI=1S/C23H33N3O5S/c1-2-7-21(19-8-6-9-20(16-19)31-17-18-10-11-18)25-32(29,30)15-5-3-4-13-26-14-12-22(27)24-23(26)28/h6,8-9,12,14,16,18,21,25H,2-5,7,10-11,13,15,17H2,1H3,(H,24,27,28)/t21-/m1/s1. The molecule has 0 spiro atoms. The zero-order valence-corrected chi connectivity index (χ0v) is 19.4. The van der Waals surface area contributed by atoms with E-state index < -0.39 is 21.3 Å². The number of aromatic nitrogens is 2. The fourth-order valence-electron chi connectivity index (χ4n) is 3.55. The molecule has 0 bridgehead atoms. The zero-order chi connectivity index (χ0) is 23.0. The van der Waals surface area contributed by atoms with Gasteiger partial charge in [0.05, 0.1) is 12.4 Å². The number of rotatable bonds is 14. The first-order valence-corrected chi connectivity index (χ1v) is 13.0. The van der Waals surface area contributed by atoms with Crippen LogP contribution in [-0.2, 0) is 16.6 Å². The molecule has 2 N–H and O–H groups in total. The summed E-state index contributed by atoms with van der Waals surface area (Å²) >= 11 is 0. The van der Waals surface area contributed by atoms with Crippen LogP contribution in [0, 0.1) is 5.92 Å². The number of unbranched alkanes of at least 4 members (excludes halogenated alkanes) is 2. The number of sulfonamides is 1. The molecule has 1 aromatic heterocycles. The van der Waals surface area contributed by atoms with Gasteiger partial charge >= 0.3 is 5.69 Å². The summed E-state index contributed by atoms with van der Waals surface area (Å²) in [7, 11) is -3.45. The summed E-state index contributed by atoms with van der Waals surface area (Å²) in [5, 5.41) is 0. The molecule has 1 fully saturated rings. The maximum atomic E-state index is 12.7. The zero-order valence-electron chi connectivity index (χ0n) is 18.6. The molecule has 1 saturated carbocycles. The van der Waals surface area contributed by atoms with Gasteiger partial charge in [-0.2, -0.15) is 0 Å². The van der Waals surface area contributed by atoms with Crippen molar-refractivity contribution in [2.45, 2.75) is 64.5 Å². The number of nitrogens with one attached hydrogen (secondary N) is 2. The molecule has 1 aliphatic carbocycles. The molecule has 2 aromatic rings. The number of aryl methyl sites for hydroxylation is 1. The minimum atomic E-state index is -3.45. The summed E-state index contributed by atoms with van der Waals surface area (Å²) in [4.78, 5) is 25.0. The minimum absolute atomic E-state index is 0.0333. The van der Waals surface area contributed by atoms with Gasteiger partial charge in [-0.1, -0.05) is 31.9 Å².